The molecule has 1 N–H and O–H groups in total. The lowest BCUT2D eigenvalue weighted by Crippen LogP contribution is -2.17. The van der Waals surface area contributed by atoms with Gasteiger partial charge in [-0.3, -0.25) is 4.79 Å². The Kier molecular flexibility index (Phi) is 5.38. The molecule has 2 unspecified atom stereocenters. The Morgan fingerprint density at radius 2 is 1.85 bits per heavy atom. The van der Waals surface area contributed by atoms with Gasteiger partial charge in [-0.05, 0) is 23.6 Å². The molecule has 7 heteroatoms. The molecule has 0 bridgehead atoms. The molecule has 0 spiro atoms. The monoisotopic (exact) mass is 292 g/mol. The van der Waals surface area contributed by atoms with Gasteiger partial charge >= 0.3 is 12.3 Å². The number of aliphatic hydroxyl groups is 1. The predicted octanol–water partition coefficient (Wildman–Crippen LogP) is 2.82. The Morgan fingerprint density at radius 3 is 2.30 bits per heavy atom. The summed E-state index contributed by atoms with van der Waals surface area (Å²) in [6.07, 6.45) is -5.72. The molecule has 0 aliphatic carbocycles. The largest absolute Gasteiger partial charge is 0.573 e. The van der Waals surface area contributed by atoms with E-state index in [1.165, 1.54) is 19.2 Å². The number of esters is 1. The molecule has 112 valence electrons. The minimum Gasteiger partial charge on any atom is -0.469 e. The van der Waals surface area contributed by atoms with Crippen LogP contribution in [0.15, 0.2) is 24.3 Å². The molecular weight excluding hydrogens is 277 g/mol. The van der Waals surface area contributed by atoms with Crippen molar-refractivity contribution in [2.75, 3.05) is 7.11 Å². The third-order valence-corrected chi connectivity index (χ3v) is 2.71. The second-order valence-corrected chi connectivity index (χ2v) is 4.32. The highest BCUT2D eigenvalue weighted by molar-refractivity contribution is 5.69. The molecule has 0 aliphatic heterocycles. The summed E-state index contributed by atoms with van der Waals surface area (Å²) in [5.74, 6) is -1.25. The first kappa shape index (κ1) is 16.3. The normalized spacial score (nSPS) is 14.5. The van der Waals surface area contributed by atoms with Crippen molar-refractivity contribution in [2.24, 2.45) is 5.92 Å². The van der Waals surface area contributed by atoms with Crippen molar-refractivity contribution >= 4 is 5.97 Å². The first-order chi connectivity index (χ1) is 9.23. The van der Waals surface area contributed by atoms with E-state index in [0.29, 0.717) is 5.56 Å². The molecule has 20 heavy (non-hydrogen) atoms. The maximum absolute atomic E-state index is 12.0. The molecule has 4 nitrogen and oxygen atoms in total. The first-order valence-electron chi connectivity index (χ1n) is 5.83. The quantitative estimate of drug-likeness (QED) is 0.848. The molecule has 0 aliphatic rings. The van der Waals surface area contributed by atoms with E-state index in [9.17, 15) is 23.1 Å². The van der Waals surface area contributed by atoms with Crippen LogP contribution in [0.5, 0.6) is 5.75 Å². The average molecular weight is 292 g/mol. The van der Waals surface area contributed by atoms with Gasteiger partial charge in [0.25, 0.3) is 0 Å². The minimum atomic E-state index is -4.75. The number of alkyl halides is 3. The molecule has 0 fully saturated rings. The van der Waals surface area contributed by atoms with E-state index < -0.39 is 24.4 Å². The Morgan fingerprint density at radius 1 is 1.30 bits per heavy atom. The van der Waals surface area contributed by atoms with Gasteiger partial charge in [-0.2, -0.15) is 0 Å². The molecular formula is C13H15F3O4. The van der Waals surface area contributed by atoms with Crippen LogP contribution in [0, 0.1) is 5.92 Å². The van der Waals surface area contributed by atoms with E-state index in [-0.39, 0.29) is 12.2 Å². The molecule has 0 amide bonds. The third-order valence-electron chi connectivity index (χ3n) is 2.71. The summed E-state index contributed by atoms with van der Waals surface area (Å²) in [5, 5.41) is 9.99. The Hall–Kier alpha value is -1.76. The summed E-state index contributed by atoms with van der Waals surface area (Å²) in [6, 6.07) is 4.85. The van der Waals surface area contributed by atoms with Crippen molar-refractivity contribution in [2.45, 2.75) is 25.8 Å². The van der Waals surface area contributed by atoms with Crippen molar-refractivity contribution in [1.29, 1.82) is 0 Å². The summed E-state index contributed by atoms with van der Waals surface area (Å²) in [6.45, 7) is 1.64. The van der Waals surface area contributed by atoms with Crippen LogP contribution in [-0.2, 0) is 9.53 Å². The molecule has 1 aromatic rings. The van der Waals surface area contributed by atoms with Crippen LogP contribution < -0.4 is 4.74 Å². The third kappa shape index (κ3) is 5.08. The number of aliphatic hydroxyl groups excluding tert-OH is 1. The van der Waals surface area contributed by atoms with Gasteiger partial charge in [0.2, 0.25) is 0 Å². The van der Waals surface area contributed by atoms with Gasteiger partial charge in [-0.1, -0.05) is 19.1 Å². The van der Waals surface area contributed by atoms with Gasteiger partial charge in [0.15, 0.2) is 0 Å². The van der Waals surface area contributed by atoms with Crippen molar-refractivity contribution < 1.29 is 32.5 Å². The van der Waals surface area contributed by atoms with Crippen LogP contribution >= 0.6 is 0 Å². The number of rotatable bonds is 5. The van der Waals surface area contributed by atoms with E-state index in [0.717, 1.165) is 12.1 Å². The Balaban J connectivity index is 2.70. The summed E-state index contributed by atoms with van der Waals surface area (Å²) in [7, 11) is 1.24. The van der Waals surface area contributed by atoms with Crippen LogP contribution in [0.4, 0.5) is 13.2 Å². The number of hydrogen-bond donors (Lipinski definition) is 1. The number of ether oxygens (including phenoxy) is 2. The van der Waals surface area contributed by atoms with Gasteiger partial charge in [-0.25, -0.2) is 0 Å². The fraction of sp³-hybridized carbons (Fsp3) is 0.462. The Labute approximate surface area is 114 Å². The zero-order chi connectivity index (χ0) is 15.3. The van der Waals surface area contributed by atoms with Crippen LogP contribution in [0.1, 0.15) is 25.0 Å². The van der Waals surface area contributed by atoms with Crippen LogP contribution in [0.25, 0.3) is 0 Å². The summed E-state index contributed by atoms with van der Waals surface area (Å²) in [4.78, 5) is 11.1. The number of carbonyl (C=O) groups excluding carboxylic acids is 1. The van der Waals surface area contributed by atoms with Gasteiger partial charge in [0.1, 0.15) is 5.75 Å². The van der Waals surface area contributed by atoms with Crippen molar-refractivity contribution in [1.82, 2.24) is 0 Å². The SMILES string of the molecule is COC(=O)CC(C)C(O)c1ccc(OC(F)(F)F)cc1. The van der Waals surface area contributed by atoms with Crippen molar-refractivity contribution in [3.05, 3.63) is 29.8 Å². The molecule has 0 radical (unpaired) electrons. The molecule has 0 heterocycles. The van der Waals surface area contributed by atoms with E-state index in [1.807, 2.05) is 0 Å². The second kappa shape index (κ2) is 6.60. The lowest BCUT2D eigenvalue weighted by atomic mass is 9.94. The maximum atomic E-state index is 12.0. The highest BCUT2D eigenvalue weighted by Crippen LogP contribution is 2.28. The van der Waals surface area contributed by atoms with E-state index in [4.69, 9.17) is 0 Å². The first-order valence-corrected chi connectivity index (χ1v) is 5.83. The smallest absolute Gasteiger partial charge is 0.469 e. The predicted molar refractivity (Wildman–Crippen MR) is 63.9 cm³/mol. The topological polar surface area (TPSA) is 55.8 Å². The van der Waals surface area contributed by atoms with Crippen LogP contribution in [0.3, 0.4) is 0 Å². The molecule has 2 atom stereocenters. The summed E-state index contributed by atoms with van der Waals surface area (Å²) >= 11 is 0. The molecule has 1 aromatic carbocycles. The van der Waals surface area contributed by atoms with Crippen molar-refractivity contribution in [3.8, 4) is 5.75 Å². The van der Waals surface area contributed by atoms with E-state index in [2.05, 4.69) is 9.47 Å². The van der Waals surface area contributed by atoms with E-state index in [1.54, 1.807) is 6.92 Å². The fourth-order valence-corrected chi connectivity index (χ4v) is 1.65. The number of carbonyl (C=O) groups is 1. The molecule has 0 saturated carbocycles. The number of hydrogen-bond acceptors (Lipinski definition) is 4. The maximum Gasteiger partial charge on any atom is 0.573 e. The van der Waals surface area contributed by atoms with Gasteiger partial charge in [0.05, 0.1) is 19.6 Å². The van der Waals surface area contributed by atoms with Crippen molar-refractivity contribution in [3.63, 3.8) is 0 Å². The van der Waals surface area contributed by atoms with Crippen LogP contribution in [0.2, 0.25) is 0 Å². The van der Waals surface area contributed by atoms with Gasteiger partial charge < -0.3 is 14.6 Å². The number of halogens is 3. The van der Waals surface area contributed by atoms with Gasteiger partial charge in [-0.15, -0.1) is 13.2 Å². The molecule has 0 aromatic heterocycles. The molecule has 1 rings (SSSR count). The highest BCUT2D eigenvalue weighted by atomic mass is 19.4. The highest BCUT2D eigenvalue weighted by Gasteiger charge is 2.31. The zero-order valence-electron chi connectivity index (χ0n) is 11.0. The standard InChI is InChI=1S/C13H15F3O4/c1-8(7-11(17)19-2)12(18)9-3-5-10(6-4-9)20-13(14,15)16/h3-6,8,12,18H,7H2,1-2H3. The zero-order valence-corrected chi connectivity index (χ0v) is 11.0. The lowest BCUT2D eigenvalue weighted by Gasteiger charge is -2.18. The second-order valence-electron chi connectivity index (χ2n) is 4.32. The number of methoxy groups -OCH3 is 1. The molecule has 0 saturated heterocycles. The minimum absolute atomic E-state index is 0.0124. The van der Waals surface area contributed by atoms with E-state index >= 15 is 0 Å². The van der Waals surface area contributed by atoms with Gasteiger partial charge in [0, 0.05) is 0 Å². The average Bonchev–Trinajstić information content (AvgIpc) is 2.36. The summed E-state index contributed by atoms with van der Waals surface area (Å²) < 4.78 is 44.2. The van der Waals surface area contributed by atoms with Crippen LogP contribution in [-0.4, -0.2) is 24.5 Å². The summed E-state index contributed by atoms with van der Waals surface area (Å²) in [5.41, 5.74) is 0.399. The fourth-order valence-electron chi connectivity index (χ4n) is 1.65. The number of benzene rings is 1. The lowest BCUT2D eigenvalue weighted by molar-refractivity contribution is -0.274. The Bertz CT molecular complexity index is 442.